The van der Waals surface area contributed by atoms with E-state index in [1.54, 1.807) is 0 Å². The average molecular weight is 227 g/mol. The Morgan fingerprint density at radius 2 is 2.31 bits per heavy atom. The highest BCUT2D eigenvalue weighted by atomic mass is 16.5. The maximum absolute atomic E-state index is 10.6. The number of hydrogen-bond donors (Lipinski definition) is 2. The Balaban J connectivity index is 2.06. The van der Waals surface area contributed by atoms with Gasteiger partial charge in [0.05, 0.1) is 12.7 Å². The molecule has 0 aromatic heterocycles. The molecule has 2 fully saturated rings. The Bertz CT molecular complexity index is 228. The minimum absolute atomic E-state index is 0.0317. The third-order valence-electron chi connectivity index (χ3n) is 4.57. The van der Waals surface area contributed by atoms with Crippen molar-refractivity contribution in [3.05, 3.63) is 0 Å². The molecule has 0 amide bonds. The van der Waals surface area contributed by atoms with Gasteiger partial charge in [-0.15, -0.1) is 0 Å². The monoisotopic (exact) mass is 227 g/mol. The van der Waals surface area contributed by atoms with E-state index in [-0.39, 0.29) is 11.5 Å². The second-order valence-electron chi connectivity index (χ2n) is 5.84. The lowest BCUT2D eigenvalue weighted by Gasteiger charge is -2.44. The Kier molecular flexibility index (Phi) is 3.88. The lowest BCUT2D eigenvalue weighted by Crippen LogP contribution is -2.48. The number of aliphatic hydroxyl groups excluding tert-OH is 1. The van der Waals surface area contributed by atoms with Crippen LogP contribution in [0.3, 0.4) is 0 Å². The van der Waals surface area contributed by atoms with Crippen LogP contribution < -0.4 is 5.73 Å². The van der Waals surface area contributed by atoms with Crippen LogP contribution >= 0.6 is 0 Å². The predicted molar refractivity (Wildman–Crippen MR) is 64.1 cm³/mol. The molecule has 1 heterocycles. The third kappa shape index (κ3) is 2.27. The Labute approximate surface area is 98.4 Å². The zero-order chi connectivity index (χ0) is 11.6. The lowest BCUT2D eigenvalue weighted by molar-refractivity contribution is -0.0484. The zero-order valence-corrected chi connectivity index (χ0v) is 10.3. The maximum Gasteiger partial charge on any atom is 0.0659 e. The maximum atomic E-state index is 10.6. The lowest BCUT2D eigenvalue weighted by atomic mass is 9.64. The van der Waals surface area contributed by atoms with Crippen molar-refractivity contribution in [1.82, 2.24) is 0 Å². The molecule has 4 unspecified atom stereocenters. The molecule has 0 aromatic rings. The predicted octanol–water partition coefficient (Wildman–Crippen LogP) is 1.54. The molecular formula is C13H25NO2. The largest absolute Gasteiger partial charge is 0.392 e. The van der Waals surface area contributed by atoms with E-state index in [1.807, 2.05) is 0 Å². The number of rotatable bonds is 3. The fourth-order valence-corrected chi connectivity index (χ4v) is 3.58. The topological polar surface area (TPSA) is 55.5 Å². The summed E-state index contributed by atoms with van der Waals surface area (Å²) < 4.78 is 5.38. The van der Waals surface area contributed by atoms with Gasteiger partial charge in [0.2, 0.25) is 0 Å². The number of nitrogens with two attached hydrogens (primary N) is 1. The van der Waals surface area contributed by atoms with Crippen LogP contribution in [0.25, 0.3) is 0 Å². The van der Waals surface area contributed by atoms with Crippen molar-refractivity contribution < 1.29 is 9.84 Å². The number of ether oxygens (including phenoxy) is 1. The molecule has 0 spiro atoms. The van der Waals surface area contributed by atoms with E-state index in [2.05, 4.69) is 6.92 Å². The van der Waals surface area contributed by atoms with Gasteiger partial charge in [-0.05, 0) is 25.2 Å². The SMILES string of the molecule is CC1CCCC(CN)(C(O)C2CCOC2)C1. The molecule has 94 valence electrons. The number of hydrogen-bond acceptors (Lipinski definition) is 3. The van der Waals surface area contributed by atoms with Crippen LogP contribution in [-0.2, 0) is 4.74 Å². The minimum atomic E-state index is -0.261. The van der Waals surface area contributed by atoms with E-state index in [0.717, 1.165) is 32.5 Å². The van der Waals surface area contributed by atoms with Crippen molar-refractivity contribution in [2.45, 2.75) is 45.1 Å². The van der Waals surface area contributed by atoms with Crippen molar-refractivity contribution in [1.29, 1.82) is 0 Å². The highest BCUT2D eigenvalue weighted by Crippen LogP contribution is 2.44. The summed E-state index contributed by atoms with van der Waals surface area (Å²) in [6, 6.07) is 0. The Hall–Kier alpha value is -0.120. The first-order chi connectivity index (χ1) is 7.68. The van der Waals surface area contributed by atoms with Gasteiger partial charge in [0.15, 0.2) is 0 Å². The van der Waals surface area contributed by atoms with Gasteiger partial charge in [-0.25, -0.2) is 0 Å². The van der Waals surface area contributed by atoms with Gasteiger partial charge in [-0.3, -0.25) is 0 Å². The average Bonchev–Trinajstić information content (AvgIpc) is 2.81. The van der Waals surface area contributed by atoms with Gasteiger partial charge in [0.1, 0.15) is 0 Å². The van der Waals surface area contributed by atoms with Crippen LogP contribution in [0.1, 0.15) is 39.0 Å². The fourth-order valence-electron chi connectivity index (χ4n) is 3.58. The quantitative estimate of drug-likeness (QED) is 0.769. The van der Waals surface area contributed by atoms with Crippen LogP contribution in [-0.4, -0.2) is 31.0 Å². The summed E-state index contributed by atoms with van der Waals surface area (Å²) in [4.78, 5) is 0. The molecule has 1 saturated carbocycles. The first-order valence-corrected chi connectivity index (χ1v) is 6.64. The zero-order valence-electron chi connectivity index (χ0n) is 10.3. The molecule has 4 atom stereocenters. The highest BCUT2D eigenvalue weighted by molar-refractivity contribution is 4.95. The summed E-state index contributed by atoms with van der Waals surface area (Å²) in [5.41, 5.74) is 5.94. The van der Waals surface area contributed by atoms with Crippen LogP contribution in [0.2, 0.25) is 0 Å². The third-order valence-corrected chi connectivity index (χ3v) is 4.57. The minimum Gasteiger partial charge on any atom is -0.392 e. The van der Waals surface area contributed by atoms with Crippen molar-refractivity contribution in [3.63, 3.8) is 0 Å². The molecule has 3 N–H and O–H groups in total. The molecule has 16 heavy (non-hydrogen) atoms. The number of aliphatic hydroxyl groups is 1. The fraction of sp³-hybridized carbons (Fsp3) is 1.00. The van der Waals surface area contributed by atoms with Gasteiger partial charge < -0.3 is 15.6 Å². The van der Waals surface area contributed by atoms with E-state index >= 15 is 0 Å². The molecule has 1 aliphatic carbocycles. The molecule has 0 radical (unpaired) electrons. The molecule has 3 nitrogen and oxygen atoms in total. The van der Waals surface area contributed by atoms with Crippen LogP contribution in [0, 0.1) is 17.3 Å². The summed E-state index contributed by atoms with van der Waals surface area (Å²) in [5, 5.41) is 10.6. The van der Waals surface area contributed by atoms with Gasteiger partial charge >= 0.3 is 0 Å². The van der Waals surface area contributed by atoms with Gasteiger partial charge in [-0.2, -0.15) is 0 Å². The van der Waals surface area contributed by atoms with E-state index in [9.17, 15) is 5.11 Å². The Morgan fingerprint density at radius 1 is 1.50 bits per heavy atom. The first kappa shape index (κ1) is 12.3. The molecule has 2 aliphatic rings. The summed E-state index contributed by atoms with van der Waals surface area (Å²) >= 11 is 0. The van der Waals surface area contributed by atoms with Gasteiger partial charge in [-0.1, -0.05) is 19.8 Å². The molecule has 0 aromatic carbocycles. The van der Waals surface area contributed by atoms with Crippen molar-refractivity contribution >= 4 is 0 Å². The van der Waals surface area contributed by atoms with Crippen LogP contribution in [0.5, 0.6) is 0 Å². The molecule has 1 saturated heterocycles. The summed E-state index contributed by atoms with van der Waals surface area (Å²) in [5.74, 6) is 1.02. The van der Waals surface area contributed by atoms with E-state index in [4.69, 9.17) is 10.5 Å². The van der Waals surface area contributed by atoms with Gasteiger partial charge in [0, 0.05) is 24.5 Å². The highest BCUT2D eigenvalue weighted by Gasteiger charge is 2.44. The van der Waals surface area contributed by atoms with Crippen LogP contribution in [0.15, 0.2) is 0 Å². The smallest absolute Gasteiger partial charge is 0.0659 e. The van der Waals surface area contributed by atoms with Crippen molar-refractivity contribution in [3.8, 4) is 0 Å². The Morgan fingerprint density at radius 3 is 2.88 bits per heavy atom. The van der Waals surface area contributed by atoms with E-state index < -0.39 is 0 Å². The standard InChI is InChI=1S/C13H25NO2/c1-10-3-2-5-13(7-10,9-14)12(15)11-4-6-16-8-11/h10-12,15H,2-9,14H2,1H3. The van der Waals surface area contributed by atoms with Crippen molar-refractivity contribution in [2.75, 3.05) is 19.8 Å². The molecular weight excluding hydrogens is 202 g/mol. The molecule has 1 aliphatic heterocycles. The van der Waals surface area contributed by atoms with E-state index in [1.165, 1.54) is 12.8 Å². The van der Waals surface area contributed by atoms with Gasteiger partial charge in [0.25, 0.3) is 0 Å². The van der Waals surface area contributed by atoms with Crippen molar-refractivity contribution in [2.24, 2.45) is 23.0 Å². The molecule has 2 rings (SSSR count). The molecule has 3 heteroatoms. The summed E-state index contributed by atoms with van der Waals surface area (Å²) in [6.45, 7) is 4.42. The summed E-state index contributed by atoms with van der Waals surface area (Å²) in [7, 11) is 0. The second-order valence-corrected chi connectivity index (χ2v) is 5.84. The normalized spacial score (nSPS) is 42.2. The molecule has 0 bridgehead atoms. The second kappa shape index (κ2) is 5.03. The summed E-state index contributed by atoms with van der Waals surface area (Å²) in [6.07, 6.45) is 5.41. The van der Waals surface area contributed by atoms with E-state index in [0.29, 0.717) is 18.4 Å². The first-order valence-electron chi connectivity index (χ1n) is 6.64. The van der Waals surface area contributed by atoms with Crippen LogP contribution in [0.4, 0.5) is 0 Å².